The molecule has 2 aliphatic rings. The molecule has 120 valence electrons. The maximum Gasteiger partial charge on any atom is 0.315 e. The number of carbonyl (C=O) groups is 1. The molecule has 3 nitrogen and oxygen atoms in total. The second-order valence-electron chi connectivity index (χ2n) is 6.90. The molecule has 2 bridgehead atoms. The maximum atomic E-state index is 12.8. The molecule has 1 aromatic rings. The molecule has 2 N–H and O–H groups in total. The molecule has 3 rings (SSSR count). The number of benzene rings is 1. The van der Waals surface area contributed by atoms with Crippen molar-refractivity contribution in [1.29, 1.82) is 0 Å². The first-order valence-electron chi connectivity index (χ1n) is 8.40. The maximum absolute atomic E-state index is 12.8. The van der Waals surface area contributed by atoms with Crippen molar-refractivity contribution in [2.75, 3.05) is 6.54 Å². The van der Waals surface area contributed by atoms with Gasteiger partial charge < -0.3 is 10.6 Å². The molecule has 0 radical (unpaired) electrons. The highest BCUT2D eigenvalue weighted by atomic mass is 19.1. The summed E-state index contributed by atoms with van der Waals surface area (Å²) in [5, 5.41) is 5.99. The van der Waals surface area contributed by atoms with Gasteiger partial charge in [-0.2, -0.15) is 0 Å². The van der Waals surface area contributed by atoms with Gasteiger partial charge in [-0.05, 0) is 68.1 Å². The Kier molecular flexibility index (Phi) is 4.65. The fraction of sp³-hybridized carbons (Fsp3) is 0.611. The van der Waals surface area contributed by atoms with Crippen LogP contribution in [0.5, 0.6) is 0 Å². The zero-order chi connectivity index (χ0) is 15.5. The van der Waals surface area contributed by atoms with Crippen LogP contribution in [-0.2, 0) is 6.42 Å². The molecule has 1 aromatic carbocycles. The number of hydrogen-bond donors (Lipinski definition) is 2. The van der Waals surface area contributed by atoms with E-state index >= 15 is 0 Å². The molecule has 0 aliphatic heterocycles. The van der Waals surface area contributed by atoms with Crippen molar-refractivity contribution in [3.63, 3.8) is 0 Å². The topological polar surface area (TPSA) is 41.1 Å². The Hall–Kier alpha value is -1.58. The molecule has 0 heterocycles. The Morgan fingerprint density at radius 3 is 2.68 bits per heavy atom. The molecule has 2 fully saturated rings. The highest BCUT2D eigenvalue weighted by molar-refractivity contribution is 5.74. The number of carbonyl (C=O) groups excluding carboxylic acids is 1. The number of nitrogens with one attached hydrogen (secondary N) is 2. The minimum Gasteiger partial charge on any atom is -0.338 e. The Balaban J connectivity index is 1.38. The van der Waals surface area contributed by atoms with Crippen LogP contribution < -0.4 is 10.6 Å². The second kappa shape index (κ2) is 6.67. The summed E-state index contributed by atoms with van der Waals surface area (Å²) in [5.74, 6) is 2.15. The van der Waals surface area contributed by atoms with E-state index in [9.17, 15) is 9.18 Å². The predicted molar refractivity (Wildman–Crippen MR) is 85.0 cm³/mol. The Bertz CT molecular complexity index is 516. The molecule has 4 heteroatoms. The number of amides is 2. The van der Waals surface area contributed by atoms with Crippen molar-refractivity contribution in [3.05, 3.63) is 35.6 Å². The molecule has 0 saturated heterocycles. The van der Waals surface area contributed by atoms with Gasteiger partial charge in [-0.15, -0.1) is 0 Å². The minimum absolute atomic E-state index is 0.0858. The largest absolute Gasteiger partial charge is 0.338 e. The molecule has 2 saturated carbocycles. The summed E-state index contributed by atoms with van der Waals surface area (Å²) >= 11 is 0. The van der Waals surface area contributed by atoms with E-state index in [0.717, 1.165) is 23.8 Å². The van der Waals surface area contributed by atoms with Gasteiger partial charge >= 0.3 is 6.03 Å². The first-order valence-corrected chi connectivity index (χ1v) is 8.40. The predicted octanol–water partition coefficient (Wildman–Crippen LogP) is 3.49. The van der Waals surface area contributed by atoms with Crippen LogP contribution in [0.4, 0.5) is 9.18 Å². The van der Waals surface area contributed by atoms with E-state index in [1.54, 1.807) is 12.1 Å². The third-order valence-corrected chi connectivity index (χ3v) is 5.41. The summed E-state index contributed by atoms with van der Waals surface area (Å²) in [7, 11) is 0. The Labute approximate surface area is 131 Å². The standard InChI is InChI=1S/C18H25FN2O/c1-12(17-11-14-2-5-15(17)10-14)21-18(22)20-9-8-13-3-6-16(19)7-4-13/h3-4,6-7,12,14-15,17H,2,5,8-11H2,1H3,(H2,20,21,22). The number of halogens is 1. The highest BCUT2D eigenvalue weighted by Gasteiger charge is 2.42. The molecule has 0 spiro atoms. The summed E-state index contributed by atoms with van der Waals surface area (Å²) < 4.78 is 12.8. The Morgan fingerprint density at radius 2 is 2.05 bits per heavy atom. The van der Waals surface area contributed by atoms with Crippen molar-refractivity contribution in [2.24, 2.45) is 17.8 Å². The lowest BCUT2D eigenvalue weighted by molar-refractivity contribution is 0.220. The van der Waals surface area contributed by atoms with E-state index in [0.29, 0.717) is 12.5 Å². The van der Waals surface area contributed by atoms with Crippen LogP contribution in [0, 0.1) is 23.6 Å². The lowest BCUT2D eigenvalue weighted by Gasteiger charge is -2.28. The first-order chi connectivity index (χ1) is 10.6. The van der Waals surface area contributed by atoms with E-state index in [2.05, 4.69) is 17.6 Å². The van der Waals surface area contributed by atoms with Crippen molar-refractivity contribution >= 4 is 6.03 Å². The average Bonchev–Trinajstić information content (AvgIpc) is 3.12. The van der Waals surface area contributed by atoms with Crippen molar-refractivity contribution < 1.29 is 9.18 Å². The zero-order valence-electron chi connectivity index (χ0n) is 13.1. The fourth-order valence-corrected chi connectivity index (χ4v) is 4.24. The van der Waals surface area contributed by atoms with Gasteiger partial charge in [0.2, 0.25) is 0 Å². The van der Waals surface area contributed by atoms with Gasteiger partial charge in [0.1, 0.15) is 5.82 Å². The van der Waals surface area contributed by atoms with Crippen LogP contribution in [0.2, 0.25) is 0 Å². The molecule has 22 heavy (non-hydrogen) atoms. The Morgan fingerprint density at radius 1 is 1.27 bits per heavy atom. The smallest absolute Gasteiger partial charge is 0.315 e. The van der Waals surface area contributed by atoms with Gasteiger partial charge in [0.25, 0.3) is 0 Å². The normalized spacial score (nSPS) is 27.6. The third kappa shape index (κ3) is 3.60. The summed E-state index contributed by atoms with van der Waals surface area (Å²) in [6, 6.07) is 6.58. The average molecular weight is 304 g/mol. The number of fused-ring (bicyclic) bond motifs is 2. The van der Waals surface area contributed by atoms with Gasteiger partial charge in [-0.1, -0.05) is 18.6 Å². The van der Waals surface area contributed by atoms with E-state index in [4.69, 9.17) is 0 Å². The van der Waals surface area contributed by atoms with Gasteiger partial charge in [0, 0.05) is 12.6 Å². The molecule has 2 amide bonds. The van der Waals surface area contributed by atoms with E-state index < -0.39 is 0 Å². The summed E-state index contributed by atoms with van der Waals surface area (Å²) in [5.41, 5.74) is 1.03. The highest BCUT2D eigenvalue weighted by Crippen LogP contribution is 2.49. The zero-order valence-corrected chi connectivity index (χ0v) is 13.1. The molecular formula is C18H25FN2O. The van der Waals surface area contributed by atoms with Crippen molar-refractivity contribution in [1.82, 2.24) is 10.6 Å². The van der Waals surface area contributed by atoms with Gasteiger partial charge in [-0.3, -0.25) is 0 Å². The van der Waals surface area contributed by atoms with Crippen LogP contribution in [0.25, 0.3) is 0 Å². The fourth-order valence-electron chi connectivity index (χ4n) is 4.24. The minimum atomic E-state index is -0.228. The summed E-state index contributed by atoms with van der Waals surface area (Å²) in [4.78, 5) is 12.0. The quantitative estimate of drug-likeness (QED) is 0.859. The van der Waals surface area contributed by atoms with Gasteiger partial charge in [-0.25, -0.2) is 9.18 Å². The molecule has 2 aliphatic carbocycles. The molecule has 4 atom stereocenters. The van der Waals surface area contributed by atoms with Crippen LogP contribution >= 0.6 is 0 Å². The summed E-state index contributed by atoms with van der Waals surface area (Å²) in [6.07, 6.45) is 6.09. The lowest BCUT2D eigenvalue weighted by atomic mass is 9.84. The summed E-state index contributed by atoms with van der Waals surface area (Å²) in [6.45, 7) is 2.70. The molecule has 0 aromatic heterocycles. The van der Waals surface area contributed by atoms with Crippen LogP contribution in [-0.4, -0.2) is 18.6 Å². The first kappa shape index (κ1) is 15.3. The SMILES string of the molecule is CC(NC(=O)NCCc1ccc(F)cc1)C1CC2CCC1C2. The van der Waals surface area contributed by atoms with E-state index in [1.165, 1.54) is 37.8 Å². The third-order valence-electron chi connectivity index (χ3n) is 5.41. The van der Waals surface area contributed by atoms with Gasteiger partial charge in [0.05, 0.1) is 0 Å². The number of hydrogen-bond acceptors (Lipinski definition) is 1. The van der Waals surface area contributed by atoms with Crippen molar-refractivity contribution in [3.8, 4) is 0 Å². The number of rotatable bonds is 5. The monoisotopic (exact) mass is 304 g/mol. The van der Waals surface area contributed by atoms with Crippen LogP contribution in [0.3, 0.4) is 0 Å². The van der Waals surface area contributed by atoms with Gasteiger partial charge in [0.15, 0.2) is 0 Å². The van der Waals surface area contributed by atoms with E-state index in [1.807, 2.05) is 0 Å². The lowest BCUT2D eigenvalue weighted by Crippen LogP contribution is -2.45. The molecular weight excluding hydrogens is 279 g/mol. The van der Waals surface area contributed by atoms with Crippen LogP contribution in [0.1, 0.15) is 38.2 Å². The van der Waals surface area contributed by atoms with Crippen molar-refractivity contribution in [2.45, 2.75) is 45.1 Å². The van der Waals surface area contributed by atoms with E-state index in [-0.39, 0.29) is 17.9 Å². The number of urea groups is 1. The molecule has 4 unspecified atom stereocenters. The van der Waals surface area contributed by atoms with Crippen LogP contribution in [0.15, 0.2) is 24.3 Å². The second-order valence-corrected chi connectivity index (χ2v) is 6.90.